The van der Waals surface area contributed by atoms with Crippen LogP contribution >= 0.6 is 12.4 Å². The second-order valence-electron chi connectivity index (χ2n) is 6.20. The van der Waals surface area contributed by atoms with Crippen LogP contribution in [0.4, 0.5) is 0 Å². The summed E-state index contributed by atoms with van der Waals surface area (Å²) < 4.78 is 0. The maximum absolute atomic E-state index is 10.4. The van der Waals surface area contributed by atoms with Crippen molar-refractivity contribution < 1.29 is 5.11 Å². The standard InChI is InChI=1S/C22H23NO.ClH/c1-18-9-8-14-21(22(18)24)17-23(15-19-10-4-2-5-11-19)16-20-12-6-3-7-13-20;/h2-14,24H,15-17H2,1H3;1H. The van der Waals surface area contributed by atoms with E-state index in [9.17, 15) is 5.11 Å². The number of aromatic hydroxyl groups is 1. The summed E-state index contributed by atoms with van der Waals surface area (Å²) in [6.07, 6.45) is 0. The molecule has 130 valence electrons. The first-order valence-electron chi connectivity index (χ1n) is 8.30. The average molecular weight is 354 g/mol. The van der Waals surface area contributed by atoms with Gasteiger partial charge in [0.1, 0.15) is 5.75 Å². The van der Waals surface area contributed by atoms with Gasteiger partial charge in [0.25, 0.3) is 0 Å². The first kappa shape index (κ1) is 19.0. The second-order valence-corrected chi connectivity index (χ2v) is 6.20. The lowest BCUT2D eigenvalue weighted by atomic mass is 10.1. The molecular formula is C22H24ClNO. The van der Waals surface area contributed by atoms with Gasteiger partial charge in [0.15, 0.2) is 0 Å². The van der Waals surface area contributed by atoms with Crippen molar-refractivity contribution in [3.8, 4) is 5.75 Å². The van der Waals surface area contributed by atoms with Gasteiger partial charge in [-0.1, -0.05) is 78.9 Å². The molecule has 1 N–H and O–H groups in total. The number of aryl methyl sites for hydroxylation is 1. The molecule has 25 heavy (non-hydrogen) atoms. The Labute approximate surface area is 156 Å². The van der Waals surface area contributed by atoms with Crippen molar-refractivity contribution in [2.24, 2.45) is 0 Å². The lowest BCUT2D eigenvalue weighted by Gasteiger charge is -2.23. The van der Waals surface area contributed by atoms with E-state index in [1.165, 1.54) is 11.1 Å². The first-order chi connectivity index (χ1) is 11.7. The zero-order valence-corrected chi connectivity index (χ0v) is 15.2. The average Bonchev–Trinajstić information content (AvgIpc) is 2.61. The van der Waals surface area contributed by atoms with Crippen molar-refractivity contribution in [3.63, 3.8) is 0 Å². The normalized spacial score (nSPS) is 10.5. The van der Waals surface area contributed by atoms with Gasteiger partial charge >= 0.3 is 0 Å². The molecule has 0 radical (unpaired) electrons. The molecule has 0 aliphatic rings. The van der Waals surface area contributed by atoms with Crippen molar-refractivity contribution in [1.29, 1.82) is 0 Å². The number of hydrogen-bond acceptors (Lipinski definition) is 2. The molecule has 3 aromatic carbocycles. The highest BCUT2D eigenvalue weighted by Crippen LogP contribution is 2.24. The van der Waals surface area contributed by atoms with Crippen LogP contribution in [0.1, 0.15) is 22.3 Å². The number of halogens is 1. The van der Waals surface area contributed by atoms with E-state index in [1.807, 2.05) is 37.3 Å². The molecule has 3 heteroatoms. The smallest absolute Gasteiger partial charge is 0.122 e. The third-order valence-electron chi connectivity index (χ3n) is 4.21. The molecule has 3 aromatic rings. The summed E-state index contributed by atoms with van der Waals surface area (Å²) in [6.45, 7) is 4.36. The van der Waals surface area contributed by atoms with Crippen LogP contribution in [-0.2, 0) is 19.6 Å². The third kappa shape index (κ3) is 5.35. The highest BCUT2D eigenvalue weighted by atomic mass is 35.5. The van der Waals surface area contributed by atoms with E-state index < -0.39 is 0 Å². The minimum atomic E-state index is 0. The summed E-state index contributed by atoms with van der Waals surface area (Å²) >= 11 is 0. The van der Waals surface area contributed by atoms with Gasteiger partial charge in [0, 0.05) is 25.2 Å². The summed E-state index contributed by atoms with van der Waals surface area (Å²) in [5.41, 5.74) is 4.45. The quantitative estimate of drug-likeness (QED) is 0.647. The van der Waals surface area contributed by atoms with Crippen LogP contribution in [-0.4, -0.2) is 10.0 Å². The van der Waals surface area contributed by atoms with Crippen LogP contribution in [0.2, 0.25) is 0 Å². The van der Waals surface area contributed by atoms with Gasteiger partial charge in [-0.05, 0) is 23.6 Å². The van der Waals surface area contributed by atoms with Crippen LogP contribution in [0.5, 0.6) is 5.75 Å². The fraction of sp³-hybridized carbons (Fsp3) is 0.182. The summed E-state index contributed by atoms with van der Waals surface area (Å²) in [7, 11) is 0. The van der Waals surface area contributed by atoms with E-state index >= 15 is 0 Å². The Kier molecular flexibility index (Phi) is 7.05. The molecule has 0 unspecified atom stereocenters. The molecule has 0 fully saturated rings. The second kappa shape index (κ2) is 9.26. The lowest BCUT2D eigenvalue weighted by molar-refractivity contribution is 0.244. The van der Waals surface area contributed by atoms with Crippen LogP contribution in [0, 0.1) is 6.92 Å². The molecular weight excluding hydrogens is 330 g/mol. The Morgan fingerprint density at radius 2 is 1.20 bits per heavy atom. The molecule has 0 aliphatic carbocycles. The zero-order valence-electron chi connectivity index (χ0n) is 14.4. The predicted octanol–water partition coefficient (Wildman–Crippen LogP) is 5.32. The monoisotopic (exact) mass is 353 g/mol. The van der Waals surface area contributed by atoms with Crippen LogP contribution in [0.25, 0.3) is 0 Å². The Bertz CT molecular complexity index is 733. The highest BCUT2D eigenvalue weighted by Gasteiger charge is 2.11. The molecule has 0 saturated heterocycles. The molecule has 2 nitrogen and oxygen atoms in total. The largest absolute Gasteiger partial charge is 0.507 e. The van der Waals surface area contributed by atoms with Gasteiger partial charge < -0.3 is 5.11 Å². The van der Waals surface area contributed by atoms with Gasteiger partial charge in [-0.25, -0.2) is 0 Å². The summed E-state index contributed by atoms with van der Waals surface area (Å²) in [4.78, 5) is 2.36. The Hall–Kier alpha value is -2.29. The number of benzene rings is 3. The summed E-state index contributed by atoms with van der Waals surface area (Å²) in [5, 5.41) is 10.4. The van der Waals surface area contributed by atoms with Gasteiger partial charge in [-0.15, -0.1) is 12.4 Å². The molecule has 0 saturated carbocycles. The van der Waals surface area contributed by atoms with E-state index in [0.717, 1.165) is 30.8 Å². The minimum Gasteiger partial charge on any atom is -0.507 e. The minimum absolute atomic E-state index is 0. The summed E-state index contributed by atoms with van der Waals surface area (Å²) in [6, 6.07) is 26.9. The van der Waals surface area contributed by atoms with Gasteiger partial charge in [0.05, 0.1) is 0 Å². The molecule has 0 aromatic heterocycles. The van der Waals surface area contributed by atoms with Crippen molar-refractivity contribution in [2.75, 3.05) is 0 Å². The fourth-order valence-corrected chi connectivity index (χ4v) is 2.94. The molecule has 0 amide bonds. The van der Waals surface area contributed by atoms with Crippen LogP contribution < -0.4 is 0 Å². The third-order valence-corrected chi connectivity index (χ3v) is 4.21. The molecule has 3 rings (SSSR count). The highest BCUT2D eigenvalue weighted by molar-refractivity contribution is 5.85. The van der Waals surface area contributed by atoms with E-state index in [0.29, 0.717) is 5.75 Å². The number of phenolic OH excluding ortho intramolecular Hbond substituents is 1. The van der Waals surface area contributed by atoms with Crippen molar-refractivity contribution >= 4 is 12.4 Å². The zero-order chi connectivity index (χ0) is 16.8. The van der Waals surface area contributed by atoms with Crippen LogP contribution in [0.3, 0.4) is 0 Å². The van der Waals surface area contributed by atoms with Crippen molar-refractivity contribution in [3.05, 3.63) is 101 Å². The Morgan fingerprint density at radius 3 is 1.72 bits per heavy atom. The van der Waals surface area contributed by atoms with E-state index in [-0.39, 0.29) is 12.4 Å². The first-order valence-corrected chi connectivity index (χ1v) is 8.30. The number of para-hydroxylation sites is 1. The maximum Gasteiger partial charge on any atom is 0.122 e. The fourth-order valence-electron chi connectivity index (χ4n) is 2.94. The number of phenols is 1. The van der Waals surface area contributed by atoms with E-state index in [2.05, 4.69) is 53.4 Å². The topological polar surface area (TPSA) is 23.5 Å². The van der Waals surface area contributed by atoms with Gasteiger partial charge in [-0.2, -0.15) is 0 Å². The van der Waals surface area contributed by atoms with E-state index in [4.69, 9.17) is 0 Å². The predicted molar refractivity (Wildman–Crippen MR) is 106 cm³/mol. The Balaban J connectivity index is 0.00000225. The summed E-state index contributed by atoms with van der Waals surface area (Å²) in [5.74, 6) is 0.406. The number of rotatable bonds is 6. The maximum atomic E-state index is 10.4. The van der Waals surface area contributed by atoms with Crippen LogP contribution in [0.15, 0.2) is 78.9 Å². The van der Waals surface area contributed by atoms with E-state index in [1.54, 1.807) is 0 Å². The molecule has 0 atom stereocenters. The SMILES string of the molecule is Cc1cccc(CN(Cc2ccccc2)Cc2ccccc2)c1O.Cl. The Morgan fingerprint density at radius 1 is 0.680 bits per heavy atom. The molecule has 0 heterocycles. The molecule has 0 aliphatic heterocycles. The van der Waals surface area contributed by atoms with Gasteiger partial charge in [0.2, 0.25) is 0 Å². The van der Waals surface area contributed by atoms with Crippen molar-refractivity contribution in [2.45, 2.75) is 26.6 Å². The molecule has 0 spiro atoms. The molecule has 0 bridgehead atoms. The number of hydrogen-bond donors (Lipinski definition) is 1. The van der Waals surface area contributed by atoms with Crippen molar-refractivity contribution in [1.82, 2.24) is 4.90 Å². The lowest BCUT2D eigenvalue weighted by Crippen LogP contribution is -2.22. The number of nitrogens with zero attached hydrogens (tertiary/aromatic N) is 1. The van der Waals surface area contributed by atoms with Gasteiger partial charge in [-0.3, -0.25) is 4.90 Å².